The van der Waals surface area contributed by atoms with E-state index in [1.165, 1.54) is 17.8 Å². The molecule has 0 unspecified atom stereocenters. The third-order valence-electron chi connectivity index (χ3n) is 2.84. The Morgan fingerprint density at radius 3 is 2.90 bits per heavy atom. The average Bonchev–Trinajstić information content (AvgIpc) is 2.51. The number of para-hydroxylation sites is 1. The molecule has 0 radical (unpaired) electrons. The van der Waals surface area contributed by atoms with Crippen LogP contribution in [0, 0.1) is 10.1 Å². The van der Waals surface area contributed by atoms with Gasteiger partial charge in [-0.1, -0.05) is 19.1 Å². The van der Waals surface area contributed by atoms with Crippen molar-refractivity contribution >= 4 is 23.3 Å². The number of aromatic nitrogens is 1. The van der Waals surface area contributed by atoms with Crippen LogP contribution in [0.4, 0.5) is 11.5 Å². The molecule has 0 aliphatic rings. The van der Waals surface area contributed by atoms with Gasteiger partial charge >= 0.3 is 0 Å². The number of hydrogen-bond donors (Lipinski definition) is 1. The Morgan fingerprint density at radius 2 is 2.14 bits per heavy atom. The van der Waals surface area contributed by atoms with E-state index in [0.29, 0.717) is 10.6 Å². The highest BCUT2D eigenvalue weighted by molar-refractivity contribution is 7.98. The first kappa shape index (κ1) is 15.3. The average molecular weight is 303 g/mol. The number of thioether (sulfide) groups is 1. The zero-order valence-electron chi connectivity index (χ0n) is 11.8. The molecule has 0 fully saturated rings. The highest BCUT2D eigenvalue weighted by atomic mass is 32.2. The van der Waals surface area contributed by atoms with Crippen molar-refractivity contribution in [2.45, 2.75) is 24.0 Å². The molecular weight excluding hydrogens is 286 g/mol. The van der Waals surface area contributed by atoms with Crippen LogP contribution in [-0.2, 0) is 5.75 Å². The Hall–Kier alpha value is -2.08. The van der Waals surface area contributed by atoms with Crippen molar-refractivity contribution in [1.82, 2.24) is 4.98 Å². The number of nitro groups is 1. The first-order chi connectivity index (χ1) is 10.2. The fourth-order valence-corrected chi connectivity index (χ4v) is 2.77. The van der Waals surface area contributed by atoms with Crippen LogP contribution in [0.5, 0.6) is 0 Å². The molecule has 5 nitrogen and oxygen atoms in total. The lowest BCUT2D eigenvalue weighted by Crippen LogP contribution is -2.01. The lowest BCUT2D eigenvalue weighted by Gasteiger charge is -2.06. The lowest BCUT2D eigenvalue weighted by molar-refractivity contribution is -0.387. The molecule has 1 aromatic heterocycles. The summed E-state index contributed by atoms with van der Waals surface area (Å²) in [5.41, 5.74) is 1.24. The number of nitrogens with zero attached hydrogens (tertiary/aromatic N) is 2. The molecule has 1 aromatic carbocycles. The molecule has 0 spiro atoms. The maximum atomic E-state index is 11.0. The largest absolute Gasteiger partial charge is 0.370 e. The number of pyridine rings is 1. The van der Waals surface area contributed by atoms with Gasteiger partial charge in [0.25, 0.3) is 5.69 Å². The quantitative estimate of drug-likeness (QED) is 0.474. The van der Waals surface area contributed by atoms with Gasteiger partial charge in [0.2, 0.25) is 0 Å². The van der Waals surface area contributed by atoms with Crippen LogP contribution in [0.2, 0.25) is 0 Å². The van der Waals surface area contributed by atoms with E-state index in [1.807, 2.05) is 18.2 Å². The van der Waals surface area contributed by atoms with E-state index in [0.717, 1.165) is 24.3 Å². The smallest absolute Gasteiger partial charge is 0.282 e. The van der Waals surface area contributed by atoms with Gasteiger partial charge in [0.05, 0.1) is 9.82 Å². The zero-order chi connectivity index (χ0) is 15.1. The molecular formula is C15H17N3O2S. The van der Waals surface area contributed by atoms with Crippen LogP contribution in [0.25, 0.3) is 0 Å². The van der Waals surface area contributed by atoms with Gasteiger partial charge in [0.15, 0.2) is 0 Å². The first-order valence-corrected chi connectivity index (χ1v) is 7.74. The van der Waals surface area contributed by atoms with Gasteiger partial charge in [-0.15, -0.1) is 11.8 Å². The summed E-state index contributed by atoms with van der Waals surface area (Å²) in [7, 11) is 0. The van der Waals surface area contributed by atoms with Crippen molar-refractivity contribution in [3.8, 4) is 0 Å². The van der Waals surface area contributed by atoms with Crippen molar-refractivity contribution in [2.75, 3.05) is 11.9 Å². The van der Waals surface area contributed by atoms with Crippen molar-refractivity contribution in [2.24, 2.45) is 0 Å². The van der Waals surface area contributed by atoms with Crippen LogP contribution in [0.1, 0.15) is 18.9 Å². The second kappa shape index (κ2) is 7.64. The molecule has 0 aliphatic heterocycles. The van der Waals surface area contributed by atoms with Gasteiger partial charge in [-0.2, -0.15) is 0 Å². The van der Waals surface area contributed by atoms with Crippen molar-refractivity contribution in [3.05, 3.63) is 58.3 Å². The summed E-state index contributed by atoms with van der Waals surface area (Å²) in [4.78, 5) is 15.6. The lowest BCUT2D eigenvalue weighted by atomic mass is 10.3. The molecule has 21 heavy (non-hydrogen) atoms. The topological polar surface area (TPSA) is 68.1 Å². The standard InChI is InChI=1S/C15H17N3O2S/c1-2-8-16-15-10-12(7-9-17-15)11-21-14-6-4-3-5-13(14)18(19)20/h3-7,9-10H,2,8,11H2,1H3,(H,16,17). The van der Waals surface area contributed by atoms with Crippen LogP contribution in [-0.4, -0.2) is 16.5 Å². The molecule has 0 saturated heterocycles. The van der Waals surface area contributed by atoms with Crippen LogP contribution in [0.3, 0.4) is 0 Å². The summed E-state index contributed by atoms with van der Waals surface area (Å²) in [6, 6.07) is 10.7. The Morgan fingerprint density at radius 1 is 1.33 bits per heavy atom. The molecule has 1 N–H and O–H groups in total. The maximum absolute atomic E-state index is 11.0. The van der Waals surface area contributed by atoms with E-state index < -0.39 is 0 Å². The molecule has 2 rings (SSSR count). The number of rotatable bonds is 7. The van der Waals surface area contributed by atoms with Crippen molar-refractivity contribution in [3.63, 3.8) is 0 Å². The number of nitro benzene ring substituents is 1. The van der Waals surface area contributed by atoms with Gasteiger partial charge in [-0.3, -0.25) is 10.1 Å². The number of benzene rings is 1. The molecule has 0 bridgehead atoms. The SMILES string of the molecule is CCCNc1cc(CSc2ccccc2[N+](=O)[O-])ccn1. The van der Waals surface area contributed by atoms with Crippen LogP contribution in [0.15, 0.2) is 47.5 Å². The van der Waals surface area contributed by atoms with Gasteiger partial charge in [-0.25, -0.2) is 4.98 Å². The van der Waals surface area contributed by atoms with E-state index >= 15 is 0 Å². The predicted molar refractivity (Wildman–Crippen MR) is 85.7 cm³/mol. The third-order valence-corrected chi connectivity index (χ3v) is 3.97. The van der Waals surface area contributed by atoms with Gasteiger partial charge < -0.3 is 5.32 Å². The number of hydrogen-bond acceptors (Lipinski definition) is 5. The second-order valence-corrected chi connectivity index (χ2v) is 5.51. The minimum Gasteiger partial charge on any atom is -0.370 e. The third kappa shape index (κ3) is 4.46. The number of anilines is 1. The van der Waals surface area contributed by atoms with Crippen LogP contribution >= 0.6 is 11.8 Å². The zero-order valence-corrected chi connectivity index (χ0v) is 12.6. The van der Waals surface area contributed by atoms with E-state index in [4.69, 9.17) is 0 Å². The highest BCUT2D eigenvalue weighted by Crippen LogP contribution is 2.31. The fourth-order valence-electron chi connectivity index (χ4n) is 1.80. The molecule has 110 valence electrons. The summed E-state index contributed by atoms with van der Waals surface area (Å²) in [5.74, 6) is 1.52. The molecule has 2 aromatic rings. The second-order valence-electron chi connectivity index (χ2n) is 4.49. The maximum Gasteiger partial charge on any atom is 0.282 e. The summed E-state index contributed by atoms with van der Waals surface area (Å²) < 4.78 is 0. The summed E-state index contributed by atoms with van der Waals surface area (Å²) >= 11 is 1.46. The molecule has 0 amide bonds. The van der Waals surface area contributed by atoms with Crippen molar-refractivity contribution in [1.29, 1.82) is 0 Å². The molecule has 0 saturated carbocycles. The predicted octanol–water partition coefficient (Wildman–Crippen LogP) is 4.10. The molecule has 0 aliphatic carbocycles. The van der Waals surface area contributed by atoms with Gasteiger partial charge in [0, 0.05) is 24.6 Å². The minimum absolute atomic E-state index is 0.154. The Bertz CT molecular complexity index is 619. The molecule has 6 heteroatoms. The normalized spacial score (nSPS) is 10.3. The Labute approximate surface area is 127 Å². The summed E-state index contributed by atoms with van der Waals surface area (Å²) in [6.45, 7) is 2.98. The molecule has 0 atom stereocenters. The monoisotopic (exact) mass is 303 g/mol. The number of nitrogens with one attached hydrogen (secondary N) is 1. The van der Waals surface area contributed by atoms with Gasteiger partial charge in [-0.05, 0) is 30.2 Å². The summed E-state index contributed by atoms with van der Waals surface area (Å²) in [6.07, 6.45) is 2.80. The van der Waals surface area contributed by atoms with Crippen LogP contribution < -0.4 is 5.32 Å². The fraction of sp³-hybridized carbons (Fsp3) is 0.267. The van der Waals surface area contributed by atoms with E-state index in [2.05, 4.69) is 17.2 Å². The summed E-state index contributed by atoms with van der Waals surface area (Å²) in [5, 5.41) is 14.2. The minimum atomic E-state index is -0.344. The van der Waals surface area contributed by atoms with Crippen molar-refractivity contribution < 1.29 is 4.92 Å². The highest BCUT2D eigenvalue weighted by Gasteiger charge is 2.12. The van der Waals surface area contributed by atoms with E-state index in [1.54, 1.807) is 18.3 Å². The Kier molecular flexibility index (Phi) is 5.57. The Balaban J connectivity index is 2.05. The molecule has 1 heterocycles. The van der Waals surface area contributed by atoms with E-state index in [9.17, 15) is 10.1 Å². The van der Waals surface area contributed by atoms with E-state index in [-0.39, 0.29) is 10.6 Å². The first-order valence-electron chi connectivity index (χ1n) is 6.75. The van der Waals surface area contributed by atoms with Gasteiger partial charge in [0.1, 0.15) is 5.82 Å².